The smallest absolute Gasteiger partial charge is 0.308 e. The molecule has 9 nitrogen and oxygen atoms in total. The van der Waals surface area contributed by atoms with Crippen molar-refractivity contribution in [1.29, 1.82) is 0 Å². The Morgan fingerprint density at radius 1 is 1.31 bits per heavy atom. The Labute approximate surface area is 202 Å². The first-order valence-electron chi connectivity index (χ1n) is 11.7. The van der Waals surface area contributed by atoms with Crippen LogP contribution >= 0.6 is 0 Å². The number of nitrogens with zero attached hydrogens (tertiary/aromatic N) is 3. The lowest BCUT2D eigenvalue weighted by Crippen LogP contribution is -2.33. The average Bonchev–Trinajstić information content (AvgIpc) is 3.39. The standard InChI is InChI=1S/C25H29FN4O5/c1-14(2)23-22(25(33)27-13-18-10-15(3)35-29-18)28-24(16-4-6-17(26)7-5-16)30(23)9-8-20-11-19(31)12-21(32)34-20/h4-7,10,14,19-20,31H,8-9,11-13H2,1-3H3,(H,27,33)/t19-,20-/m1/s1. The zero-order valence-electron chi connectivity index (χ0n) is 20.0. The van der Waals surface area contributed by atoms with Crippen LogP contribution in [0.1, 0.15) is 66.7 Å². The molecule has 1 saturated heterocycles. The lowest BCUT2D eigenvalue weighted by molar-refractivity contribution is -0.160. The van der Waals surface area contributed by atoms with Gasteiger partial charge in [-0.3, -0.25) is 9.59 Å². The molecule has 0 aliphatic carbocycles. The Kier molecular flexibility index (Phi) is 7.30. The summed E-state index contributed by atoms with van der Waals surface area (Å²) in [5.41, 5.74) is 2.22. The second-order valence-electron chi connectivity index (χ2n) is 9.09. The highest BCUT2D eigenvalue weighted by Gasteiger charge is 2.29. The van der Waals surface area contributed by atoms with Gasteiger partial charge >= 0.3 is 5.97 Å². The first-order chi connectivity index (χ1) is 16.7. The van der Waals surface area contributed by atoms with Crippen LogP contribution in [-0.4, -0.2) is 43.9 Å². The van der Waals surface area contributed by atoms with Crippen molar-refractivity contribution in [1.82, 2.24) is 20.0 Å². The van der Waals surface area contributed by atoms with E-state index in [2.05, 4.69) is 15.5 Å². The van der Waals surface area contributed by atoms with Crippen LogP contribution in [0.2, 0.25) is 0 Å². The number of rotatable bonds is 8. The largest absolute Gasteiger partial charge is 0.462 e. The predicted octanol–water partition coefficient (Wildman–Crippen LogP) is 3.50. The average molecular weight is 485 g/mol. The van der Waals surface area contributed by atoms with Crippen LogP contribution in [0.3, 0.4) is 0 Å². The Hall–Kier alpha value is -3.53. The number of carbonyl (C=O) groups is 2. The Morgan fingerprint density at radius 3 is 2.69 bits per heavy atom. The fraction of sp³-hybridized carbons (Fsp3) is 0.440. The number of esters is 1. The molecule has 0 radical (unpaired) electrons. The second kappa shape index (κ2) is 10.4. The summed E-state index contributed by atoms with van der Waals surface area (Å²) in [4.78, 5) is 29.6. The van der Waals surface area contributed by atoms with E-state index in [0.717, 1.165) is 0 Å². The van der Waals surface area contributed by atoms with Crippen LogP contribution in [0.5, 0.6) is 0 Å². The van der Waals surface area contributed by atoms with Gasteiger partial charge in [0.1, 0.15) is 34.9 Å². The quantitative estimate of drug-likeness (QED) is 0.470. The van der Waals surface area contributed by atoms with Gasteiger partial charge in [-0.05, 0) is 37.1 Å². The minimum absolute atomic E-state index is 0.00495. The van der Waals surface area contributed by atoms with Crippen LogP contribution < -0.4 is 5.32 Å². The number of benzene rings is 1. The molecule has 2 atom stereocenters. The second-order valence-corrected chi connectivity index (χ2v) is 9.09. The molecule has 3 heterocycles. The minimum atomic E-state index is -0.730. The van der Waals surface area contributed by atoms with Gasteiger partial charge < -0.3 is 24.3 Å². The predicted molar refractivity (Wildman–Crippen MR) is 124 cm³/mol. The fourth-order valence-corrected chi connectivity index (χ4v) is 4.33. The molecule has 2 N–H and O–H groups in total. The number of nitrogens with one attached hydrogen (secondary N) is 1. The summed E-state index contributed by atoms with van der Waals surface area (Å²) in [6, 6.07) is 7.65. The van der Waals surface area contributed by atoms with Gasteiger partial charge in [0.15, 0.2) is 0 Å². The molecule has 1 amide bonds. The normalized spacial score (nSPS) is 18.1. The molecule has 3 aromatic rings. The number of hydrogen-bond acceptors (Lipinski definition) is 7. The molecule has 0 unspecified atom stereocenters. The third-order valence-electron chi connectivity index (χ3n) is 5.89. The highest BCUT2D eigenvalue weighted by atomic mass is 19.1. The molecule has 0 spiro atoms. The maximum absolute atomic E-state index is 13.6. The summed E-state index contributed by atoms with van der Waals surface area (Å²) in [6.45, 7) is 6.28. The molecular formula is C25H29FN4O5. The van der Waals surface area contributed by atoms with Crippen LogP contribution in [0.15, 0.2) is 34.9 Å². The number of hydrogen-bond donors (Lipinski definition) is 2. The highest BCUT2D eigenvalue weighted by molar-refractivity contribution is 5.94. The summed E-state index contributed by atoms with van der Waals surface area (Å²) < 4.78 is 26.0. The van der Waals surface area contributed by atoms with Gasteiger partial charge in [0.05, 0.1) is 24.8 Å². The van der Waals surface area contributed by atoms with E-state index >= 15 is 0 Å². The Morgan fingerprint density at radius 2 is 2.06 bits per heavy atom. The SMILES string of the molecule is Cc1cc(CNC(=O)c2nc(-c3ccc(F)cc3)n(CC[C@@H]3C[C@@H](O)CC(=O)O3)c2C(C)C)no1. The molecule has 186 valence electrons. The van der Waals surface area contributed by atoms with Crippen molar-refractivity contribution in [3.63, 3.8) is 0 Å². The first kappa shape index (κ1) is 24.6. The zero-order valence-corrected chi connectivity index (χ0v) is 20.0. The number of amides is 1. The van der Waals surface area contributed by atoms with Gasteiger partial charge in [0, 0.05) is 31.0 Å². The monoisotopic (exact) mass is 484 g/mol. The summed E-state index contributed by atoms with van der Waals surface area (Å²) in [5.74, 6) is -0.0696. The van der Waals surface area contributed by atoms with E-state index in [4.69, 9.17) is 9.26 Å². The lowest BCUT2D eigenvalue weighted by atomic mass is 10.0. The van der Waals surface area contributed by atoms with Gasteiger partial charge in [-0.1, -0.05) is 19.0 Å². The van der Waals surface area contributed by atoms with Crippen LogP contribution in [0.4, 0.5) is 4.39 Å². The van der Waals surface area contributed by atoms with Gasteiger partial charge in [-0.2, -0.15) is 0 Å². The van der Waals surface area contributed by atoms with E-state index < -0.39 is 18.2 Å². The number of carbonyl (C=O) groups excluding carboxylic acids is 2. The van der Waals surface area contributed by atoms with Gasteiger partial charge in [-0.25, -0.2) is 9.37 Å². The number of aromatic nitrogens is 3. The van der Waals surface area contributed by atoms with Gasteiger partial charge in [-0.15, -0.1) is 0 Å². The number of cyclic esters (lactones) is 1. The van der Waals surface area contributed by atoms with Crippen molar-refractivity contribution in [2.75, 3.05) is 0 Å². The highest BCUT2D eigenvalue weighted by Crippen LogP contribution is 2.29. The summed E-state index contributed by atoms with van der Waals surface area (Å²) in [7, 11) is 0. The Bertz CT molecular complexity index is 1200. The topological polar surface area (TPSA) is 119 Å². The van der Waals surface area contributed by atoms with Crippen molar-refractivity contribution in [2.24, 2.45) is 0 Å². The molecule has 0 saturated carbocycles. The van der Waals surface area contributed by atoms with E-state index in [-0.39, 0.29) is 36.3 Å². The molecule has 10 heteroatoms. The van der Waals surface area contributed by atoms with Crippen LogP contribution in [0, 0.1) is 12.7 Å². The lowest BCUT2D eigenvalue weighted by Gasteiger charge is -2.26. The van der Waals surface area contributed by atoms with Crippen molar-refractivity contribution < 1.29 is 28.3 Å². The van der Waals surface area contributed by atoms with Gasteiger partial charge in [0.25, 0.3) is 5.91 Å². The minimum Gasteiger partial charge on any atom is -0.462 e. The summed E-state index contributed by atoms with van der Waals surface area (Å²) >= 11 is 0. The number of ether oxygens (including phenoxy) is 1. The van der Waals surface area contributed by atoms with E-state index in [1.165, 1.54) is 12.1 Å². The number of imidazole rings is 1. The van der Waals surface area contributed by atoms with Crippen LogP contribution in [0.25, 0.3) is 11.4 Å². The molecule has 35 heavy (non-hydrogen) atoms. The fourth-order valence-electron chi connectivity index (χ4n) is 4.33. The maximum atomic E-state index is 13.6. The van der Waals surface area contributed by atoms with Crippen LogP contribution in [-0.2, 0) is 22.6 Å². The molecule has 0 bridgehead atoms. The molecule has 1 aromatic carbocycles. The molecule has 2 aromatic heterocycles. The number of aliphatic hydroxyl groups excluding tert-OH is 1. The molecule has 4 rings (SSSR count). The van der Waals surface area contributed by atoms with E-state index in [0.29, 0.717) is 47.9 Å². The molecular weight excluding hydrogens is 455 g/mol. The third-order valence-corrected chi connectivity index (χ3v) is 5.89. The van der Waals surface area contributed by atoms with E-state index in [1.807, 2.05) is 18.4 Å². The molecule has 1 fully saturated rings. The molecule has 1 aliphatic heterocycles. The molecule has 1 aliphatic rings. The van der Waals surface area contributed by atoms with Crippen molar-refractivity contribution in [2.45, 2.75) is 71.2 Å². The van der Waals surface area contributed by atoms with Crippen molar-refractivity contribution >= 4 is 11.9 Å². The zero-order chi connectivity index (χ0) is 25.1. The third kappa shape index (κ3) is 5.76. The summed E-state index contributed by atoms with van der Waals surface area (Å²) in [5, 5.41) is 16.7. The first-order valence-corrected chi connectivity index (χ1v) is 11.7. The number of aryl methyl sites for hydroxylation is 1. The Balaban J connectivity index is 1.66. The van der Waals surface area contributed by atoms with Crippen molar-refractivity contribution in [3.05, 3.63) is 59.0 Å². The summed E-state index contributed by atoms with van der Waals surface area (Å²) in [6.07, 6.45) is -0.385. The number of aliphatic hydroxyl groups is 1. The van der Waals surface area contributed by atoms with Crippen molar-refractivity contribution in [3.8, 4) is 11.4 Å². The number of halogens is 1. The van der Waals surface area contributed by atoms with E-state index in [1.54, 1.807) is 25.1 Å². The maximum Gasteiger partial charge on any atom is 0.308 e. The van der Waals surface area contributed by atoms with Gasteiger partial charge in [0.2, 0.25) is 0 Å². The van der Waals surface area contributed by atoms with E-state index in [9.17, 15) is 19.1 Å².